The van der Waals surface area contributed by atoms with E-state index in [9.17, 15) is 13.2 Å². The quantitative estimate of drug-likeness (QED) is 0.851. The molecule has 100 valence electrons. The van der Waals surface area contributed by atoms with Crippen molar-refractivity contribution in [2.45, 2.75) is 33.5 Å². The Bertz CT molecular complexity index is 529. The summed E-state index contributed by atoms with van der Waals surface area (Å²) in [6.07, 6.45) is -2.85. The standard InChI is InChI=1S/C10H10F3N3.C2H6/c1-6-4-7-8(14)2-3-15-9(7)16(6)5-10(11,12)13;1-2/h2-4H,5H2,1H3,(H2,14,15);1-2H3. The van der Waals surface area contributed by atoms with Crippen molar-refractivity contribution in [3.63, 3.8) is 0 Å². The summed E-state index contributed by atoms with van der Waals surface area (Å²) < 4.78 is 38.2. The number of hydrogen-bond acceptors (Lipinski definition) is 2. The summed E-state index contributed by atoms with van der Waals surface area (Å²) in [5, 5.41) is 0.559. The van der Waals surface area contributed by atoms with Crippen LogP contribution in [0.3, 0.4) is 0 Å². The molecule has 0 unspecified atom stereocenters. The number of aromatic nitrogens is 2. The largest absolute Gasteiger partial charge is 0.406 e. The molecule has 0 atom stereocenters. The summed E-state index contributed by atoms with van der Waals surface area (Å²) >= 11 is 0. The number of aryl methyl sites for hydroxylation is 1. The minimum absolute atomic E-state index is 0.273. The van der Waals surface area contributed by atoms with Crippen LogP contribution in [-0.2, 0) is 6.54 Å². The van der Waals surface area contributed by atoms with Crippen LogP contribution in [-0.4, -0.2) is 15.7 Å². The number of nitrogens with two attached hydrogens (primary N) is 1. The molecule has 0 bridgehead atoms. The first-order valence-corrected chi connectivity index (χ1v) is 5.65. The van der Waals surface area contributed by atoms with Crippen LogP contribution < -0.4 is 5.73 Å². The highest BCUT2D eigenvalue weighted by molar-refractivity contribution is 5.89. The van der Waals surface area contributed by atoms with Crippen molar-refractivity contribution in [2.75, 3.05) is 5.73 Å². The van der Waals surface area contributed by atoms with Gasteiger partial charge in [-0.1, -0.05) is 13.8 Å². The van der Waals surface area contributed by atoms with Crippen molar-refractivity contribution in [2.24, 2.45) is 0 Å². The topological polar surface area (TPSA) is 43.8 Å². The SMILES string of the molecule is CC.Cc1cc2c(N)ccnc2n1CC(F)(F)F. The van der Waals surface area contributed by atoms with Gasteiger partial charge in [-0.25, -0.2) is 4.98 Å². The Morgan fingerprint density at radius 3 is 2.50 bits per heavy atom. The van der Waals surface area contributed by atoms with Crippen molar-refractivity contribution in [3.05, 3.63) is 24.0 Å². The second-order valence-corrected chi connectivity index (χ2v) is 3.62. The van der Waals surface area contributed by atoms with E-state index in [1.54, 1.807) is 19.1 Å². The molecule has 0 aliphatic heterocycles. The van der Waals surface area contributed by atoms with E-state index in [2.05, 4.69) is 4.98 Å². The molecule has 2 aromatic rings. The normalized spacial score (nSPS) is 11.2. The van der Waals surface area contributed by atoms with Gasteiger partial charge in [0.1, 0.15) is 12.2 Å². The van der Waals surface area contributed by atoms with E-state index in [0.717, 1.165) is 4.57 Å². The number of anilines is 1. The molecule has 0 radical (unpaired) electrons. The molecular formula is C12H16F3N3. The zero-order valence-corrected chi connectivity index (χ0v) is 10.5. The van der Waals surface area contributed by atoms with Gasteiger partial charge in [0, 0.05) is 23.0 Å². The first kappa shape index (κ1) is 14.3. The molecule has 0 aliphatic rings. The van der Waals surface area contributed by atoms with Gasteiger partial charge in [-0.3, -0.25) is 0 Å². The van der Waals surface area contributed by atoms with Gasteiger partial charge < -0.3 is 10.3 Å². The first-order chi connectivity index (χ1) is 8.38. The molecule has 0 aliphatic carbocycles. The van der Waals surface area contributed by atoms with Crippen molar-refractivity contribution in [1.29, 1.82) is 0 Å². The molecule has 0 fully saturated rings. The molecular weight excluding hydrogens is 243 g/mol. The number of rotatable bonds is 1. The average Bonchev–Trinajstić information content (AvgIpc) is 2.59. The van der Waals surface area contributed by atoms with Gasteiger partial charge in [0.25, 0.3) is 0 Å². The molecule has 0 spiro atoms. The van der Waals surface area contributed by atoms with Crippen LogP contribution in [0, 0.1) is 6.92 Å². The van der Waals surface area contributed by atoms with E-state index in [1.807, 2.05) is 13.8 Å². The minimum Gasteiger partial charge on any atom is -0.398 e. The Hall–Kier alpha value is -1.72. The number of alkyl halides is 3. The van der Waals surface area contributed by atoms with E-state index < -0.39 is 12.7 Å². The van der Waals surface area contributed by atoms with Gasteiger partial charge in [0.05, 0.1) is 0 Å². The Kier molecular flexibility index (Phi) is 4.21. The number of fused-ring (bicyclic) bond motifs is 1. The van der Waals surface area contributed by atoms with Crippen LogP contribution in [0.15, 0.2) is 18.3 Å². The van der Waals surface area contributed by atoms with E-state index >= 15 is 0 Å². The van der Waals surface area contributed by atoms with Crippen molar-refractivity contribution >= 4 is 16.7 Å². The summed E-state index contributed by atoms with van der Waals surface area (Å²) in [7, 11) is 0. The zero-order chi connectivity index (χ0) is 13.9. The van der Waals surface area contributed by atoms with Crippen LogP contribution in [0.5, 0.6) is 0 Å². The number of nitrogens with zero attached hydrogens (tertiary/aromatic N) is 2. The summed E-state index contributed by atoms with van der Waals surface area (Å²) in [5.41, 5.74) is 6.88. The van der Waals surface area contributed by atoms with Gasteiger partial charge in [0.2, 0.25) is 0 Å². The van der Waals surface area contributed by atoms with Crippen molar-refractivity contribution < 1.29 is 13.2 Å². The molecule has 0 aromatic carbocycles. The molecule has 2 heterocycles. The Morgan fingerprint density at radius 1 is 1.33 bits per heavy atom. The van der Waals surface area contributed by atoms with E-state index in [1.165, 1.54) is 6.20 Å². The fourth-order valence-electron chi connectivity index (χ4n) is 1.67. The summed E-state index contributed by atoms with van der Waals surface area (Å²) in [6.45, 7) is 4.56. The molecule has 0 amide bonds. The van der Waals surface area contributed by atoms with Crippen LogP contribution in [0.4, 0.5) is 18.9 Å². The predicted octanol–water partition coefficient (Wildman–Crippen LogP) is 3.52. The molecule has 0 saturated heterocycles. The maximum Gasteiger partial charge on any atom is 0.406 e. The lowest BCUT2D eigenvalue weighted by atomic mass is 10.3. The lowest BCUT2D eigenvalue weighted by Crippen LogP contribution is -2.18. The van der Waals surface area contributed by atoms with Gasteiger partial charge in [-0.2, -0.15) is 13.2 Å². The molecule has 2 aromatic heterocycles. The summed E-state index contributed by atoms with van der Waals surface area (Å²) in [6, 6.07) is 3.18. The maximum atomic E-state index is 12.3. The van der Waals surface area contributed by atoms with Crippen LogP contribution >= 0.6 is 0 Å². The smallest absolute Gasteiger partial charge is 0.398 e. The van der Waals surface area contributed by atoms with Crippen molar-refractivity contribution in [1.82, 2.24) is 9.55 Å². The summed E-state index contributed by atoms with van der Waals surface area (Å²) in [4.78, 5) is 3.93. The number of nitrogen functional groups attached to an aromatic ring is 1. The third-order valence-corrected chi connectivity index (χ3v) is 2.37. The number of hydrogen-bond donors (Lipinski definition) is 1. The fraction of sp³-hybridized carbons (Fsp3) is 0.417. The highest BCUT2D eigenvalue weighted by atomic mass is 19.4. The lowest BCUT2D eigenvalue weighted by molar-refractivity contribution is -0.140. The maximum absolute atomic E-state index is 12.3. The Balaban J connectivity index is 0.000000771. The average molecular weight is 259 g/mol. The van der Waals surface area contributed by atoms with Gasteiger partial charge in [0.15, 0.2) is 0 Å². The monoisotopic (exact) mass is 259 g/mol. The highest BCUT2D eigenvalue weighted by Gasteiger charge is 2.29. The first-order valence-electron chi connectivity index (χ1n) is 5.65. The third kappa shape index (κ3) is 2.94. The predicted molar refractivity (Wildman–Crippen MR) is 66.3 cm³/mol. The van der Waals surface area contributed by atoms with Gasteiger partial charge >= 0.3 is 6.18 Å². The second kappa shape index (κ2) is 5.29. The molecule has 18 heavy (non-hydrogen) atoms. The third-order valence-electron chi connectivity index (χ3n) is 2.37. The number of pyridine rings is 1. The number of halogens is 3. The van der Waals surface area contributed by atoms with Gasteiger partial charge in [-0.15, -0.1) is 0 Å². The molecule has 2 rings (SSSR count). The van der Waals surface area contributed by atoms with Crippen LogP contribution in [0.2, 0.25) is 0 Å². The Morgan fingerprint density at radius 2 is 1.94 bits per heavy atom. The lowest BCUT2D eigenvalue weighted by Gasteiger charge is -2.10. The van der Waals surface area contributed by atoms with E-state index in [-0.39, 0.29) is 5.65 Å². The molecule has 6 heteroatoms. The van der Waals surface area contributed by atoms with E-state index in [0.29, 0.717) is 16.8 Å². The van der Waals surface area contributed by atoms with Crippen LogP contribution in [0.25, 0.3) is 11.0 Å². The Labute approximate surface area is 103 Å². The van der Waals surface area contributed by atoms with E-state index in [4.69, 9.17) is 5.73 Å². The molecule has 3 nitrogen and oxygen atoms in total. The fourth-order valence-corrected chi connectivity index (χ4v) is 1.67. The second-order valence-electron chi connectivity index (χ2n) is 3.62. The highest BCUT2D eigenvalue weighted by Crippen LogP contribution is 2.26. The minimum atomic E-state index is -4.26. The van der Waals surface area contributed by atoms with Crippen LogP contribution in [0.1, 0.15) is 19.5 Å². The van der Waals surface area contributed by atoms with Crippen molar-refractivity contribution in [3.8, 4) is 0 Å². The molecule has 0 saturated carbocycles. The molecule has 2 N–H and O–H groups in total. The summed E-state index contributed by atoms with van der Waals surface area (Å²) in [5.74, 6) is 0. The van der Waals surface area contributed by atoms with Gasteiger partial charge in [-0.05, 0) is 19.1 Å². The zero-order valence-electron chi connectivity index (χ0n) is 10.5.